The summed E-state index contributed by atoms with van der Waals surface area (Å²) in [4.78, 5) is 24.2. The molecule has 3 heterocycles. The van der Waals surface area contributed by atoms with Gasteiger partial charge < -0.3 is 9.47 Å². The Morgan fingerprint density at radius 1 is 1.50 bits per heavy atom. The van der Waals surface area contributed by atoms with E-state index in [0.29, 0.717) is 12.3 Å². The van der Waals surface area contributed by atoms with Crippen LogP contribution in [0.25, 0.3) is 0 Å². The summed E-state index contributed by atoms with van der Waals surface area (Å²) in [5.74, 6) is 0.697. The van der Waals surface area contributed by atoms with Crippen molar-refractivity contribution in [2.24, 2.45) is 0 Å². The van der Waals surface area contributed by atoms with Crippen molar-refractivity contribution in [3.8, 4) is 0 Å². The number of aryl methyl sites for hydroxylation is 2. The lowest BCUT2D eigenvalue weighted by Gasteiger charge is -2.32. The van der Waals surface area contributed by atoms with Crippen LogP contribution in [-0.4, -0.2) is 38.4 Å². The molecule has 1 saturated heterocycles. The molecule has 0 radical (unpaired) electrons. The van der Waals surface area contributed by atoms with Gasteiger partial charge in [-0.1, -0.05) is 0 Å². The monoisotopic (exact) mass is 318 g/mol. The summed E-state index contributed by atoms with van der Waals surface area (Å²) in [6, 6.07) is 0. The number of carbonyl (C=O) groups excluding carboxylic acids is 1. The third-order valence-corrected chi connectivity index (χ3v) is 5.20. The summed E-state index contributed by atoms with van der Waals surface area (Å²) < 4.78 is 2.02. The second-order valence-electron chi connectivity index (χ2n) is 5.89. The van der Waals surface area contributed by atoms with Gasteiger partial charge in [0.2, 0.25) is 5.91 Å². The minimum absolute atomic E-state index is 0.276. The van der Waals surface area contributed by atoms with E-state index >= 15 is 0 Å². The van der Waals surface area contributed by atoms with Crippen molar-refractivity contribution >= 4 is 17.2 Å². The molecule has 3 rings (SSSR count). The van der Waals surface area contributed by atoms with Gasteiger partial charge in [0.25, 0.3) is 0 Å². The predicted molar refractivity (Wildman–Crippen MR) is 86.9 cm³/mol. The third kappa shape index (κ3) is 3.74. The van der Waals surface area contributed by atoms with E-state index in [9.17, 15) is 4.79 Å². The number of nitrogens with zero attached hydrogens (tertiary/aromatic N) is 4. The first kappa shape index (κ1) is 15.2. The normalized spacial score (nSPS) is 18.6. The molecule has 1 atom stereocenters. The molecule has 1 aliphatic heterocycles. The van der Waals surface area contributed by atoms with E-state index in [2.05, 4.69) is 16.9 Å². The van der Waals surface area contributed by atoms with Gasteiger partial charge in [-0.2, -0.15) is 0 Å². The Kier molecular flexibility index (Phi) is 4.87. The van der Waals surface area contributed by atoms with E-state index in [0.717, 1.165) is 38.9 Å². The Morgan fingerprint density at radius 2 is 2.41 bits per heavy atom. The SMILES string of the molecule is Cc1cnc(C2CCCN(C(=O)CCCn3ccnc3)C2)s1. The first-order valence-electron chi connectivity index (χ1n) is 7.88. The number of carbonyl (C=O) groups is 1. The van der Waals surface area contributed by atoms with Gasteiger partial charge >= 0.3 is 0 Å². The highest BCUT2D eigenvalue weighted by Crippen LogP contribution is 2.30. The minimum atomic E-state index is 0.276. The van der Waals surface area contributed by atoms with Crippen molar-refractivity contribution in [1.29, 1.82) is 0 Å². The van der Waals surface area contributed by atoms with Crippen molar-refractivity contribution in [2.75, 3.05) is 13.1 Å². The van der Waals surface area contributed by atoms with Gasteiger partial charge in [-0.25, -0.2) is 9.97 Å². The molecular formula is C16H22N4OS. The van der Waals surface area contributed by atoms with E-state index in [1.54, 1.807) is 23.9 Å². The lowest BCUT2D eigenvalue weighted by Crippen LogP contribution is -2.39. The molecule has 0 bridgehead atoms. The van der Waals surface area contributed by atoms with Crippen LogP contribution in [0.5, 0.6) is 0 Å². The first-order valence-corrected chi connectivity index (χ1v) is 8.70. The fraction of sp³-hybridized carbons (Fsp3) is 0.562. The van der Waals surface area contributed by atoms with Crippen molar-refractivity contribution in [2.45, 2.75) is 45.1 Å². The molecule has 0 spiro atoms. The lowest BCUT2D eigenvalue weighted by molar-refractivity contribution is -0.132. The Morgan fingerprint density at radius 3 is 3.14 bits per heavy atom. The van der Waals surface area contributed by atoms with Gasteiger partial charge in [-0.3, -0.25) is 4.79 Å². The van der Waals surface area contributed by atoms with E-state index in [1.165, 1.54) is 9.88 Å². The molecule has 1 aliphatic rings. The average Bonchev–Trinajstić information content (AvgIpc) is 3.19. The van der Waals surface area contributed by atoms with Gasteiger partial charge in [0.05, 0.1) is 11.3 Å². The summed E-state index contributed by atoms with van der Waals surface area (Å²) in [5.41, 5.74) is 0. The zero-order valence-corrected chi connectivity index (χ0v) is 13.8. The second-order valence-corrected chi connectivity index (χ2v) is 7.16. The van der Waals surface area contributed by atoms with Gasteiger partial charge in [0, 0.05) is 55.4 Å². The second kappa shape index (κ2) is 7.05. The highest BCUT2D eigenvalue weighted by atomic mass is 32.1. The molecule has 1 fully saturated rings. The number of likely N-dealkylation sites (tertiary alicyclic amines) is 1. The molecular weight excluding hydrogens is 296 g/mol. The van der Waals surface area contributed by atoms with Crippen LogP contribution < -0.4 is 0 Å². The largest absolute Gasteiger partial charge is 0.342 e. The molecule has 22 heavy (non-hydrogen) atoms. The summed E-state index contributed by atoms with van der Waals surface area (Å²) in [5, 5.41) is 1.19. The fourth-order valence-corrected chi connectivity index (χ4v) is 3.86. The van der Waals surface area contributed by atoms with Gasteiger partial charge in [0.1, 0.15) is 0 Å². The van der Waals surface area contributed by atoms with E-state index in [1.807, 2.05) is 21.9 Å². The van der Waals surface area contributed by atoms with E-state index in [4.69, 9.17) is 0 Å². The topological polar surface area (TPSA) is 51.0 Å². The molecule has 1 amide bonds. The molecule has 0 aliphatic carbocycles. The van der Waals surface area contributed by atoms with Crippen molar-refractivity contribution < 1.29 is 4.79 Å². The third-order valence-electron chi connectivity index (χ3n) is 4.13. The van der Waals surface area contributed by atoms with Crippen molar-refractivity contribution in [3.63, 3.8) is 0 Å². The molecule has 0 saturated carbocycles. The maximum absolute atomic E-state index is 12.4. The molecule has 1 unspecified atom stereocenters. The van der Waals surface area contributed by atoms with Crippen molar-refractivity contribution in [3.05, 3.63) is 34.8 Å². The molecule has 118 valence electrons. The number of piperidine rings is 1. The van der Waals surface area contributed by atoms with Gasteiger partial charge in [-0.05, 0) is 26.2 Å². The highest BCUT2D eigenvalue weighted by Gasteiger charge is 2.26. The summed E-state index contributed by atoms with van der Waals surface area (Å²) in [6.45, 7) is 4.67. The average molecular weight is 318 g/mol. The lowest BCUT2D eigenvalue weighted by atomic mass is 9.98. The predicted octanol–water partition coefficient (Wildman–Crippen LogP) is 2.83. The summed E-state index contributed by atoms with van der Waals surface area (Å²) >= 11 is 1.76. The zero-order valence-electron chi connectivity index (χ0n) is 12.9. The zero-order chi connectivity index (χ0) is 15.4. The van der Waals surface area contributed by atoms with Crippen molar-refractivity contribution in [1.82, 2.24) is 19.4 Å². The Bertz CT molecular complexity index is 607. The molecule has 2 aromatic heterocycles. The molecule has 2 aromatic rings. The van der Waals surface area contributed by atoms with Crippen LogP contribution in [-0.2, 0) is 11.3 Å². The van der Waals surface area contributed by atoms with Crippen LogP contribution in [0.4, 0.5) is 0 Å². The number of hydrogen-bond donors (Lipinski definition) is 0. The number of aromatic nitrogens is 3. The van der Waals surface area contributed by atoms with E-state index in [-0.39, 0.29) is 5.91 Å². The molecule has 5 nitrogen and oxygen atoms in total. The smallest absolute Gasteiger partial charge is 0.222 e. The maximum Gasteiger partial charge on any atom is 0.222 e. The van der Waals surface area contributed by atoms with Gasteiger partial charge in [0.15, 0.2) is 0 Å². The van der Waals surface area contributed by atoms with Crippen LogP contribution >= 0.6 is 11.3 Å². The Labute approximate surface area is 135 Å². The molecule has 6 heteroatoms. The number of rotatable bonds is 5. The number of amides is 1. The van der Waals surface area contributed by atoms with Crippen LogP contribution in [0.3, 0.4) is 0 Å². The number of hydrogen-bond acceptors (Lipinski definition) is 4. The number of imidazole rings is 1. The highest BCUT2D eigenvalue weighted by molar-refractivity contribution is 7.11. The maximum atomic E-state index is 12.4. The quantitative estimate of drug-likeness (QED) is 0.852. The first-order chi connectivity index (χ1) is 10.7. The molecule has 0 aromatic carbocycles. The standard InChI is InChI=1S/C16H22N4OS/c1-13-10-18-16(22-13)14-4-2-8-20(11-14)15(21)5-3-7-19-9-6-17-12-19/h6,9-10,12,14H,2-5,7-8,11H2,1H3. The van der Waals surface area contributed by atoms with Crippen LogP contribution in [0.2, 0.25) is 0 Å². The fourth-order valence-electron chi connectivity index (χ4n) is 2.96. The summed E-state index contributed by atoms with van der Waals surface area (Å²) in [6.07, 6.45) is 11.1. The molecule has 0 N–H and O–H groups in total. The van der Waals surface area contributed by atoms with E-state index < -0.39 is 0 Å². The summed E-state index contributed by atoms with van der Waals surface area (Å²) in [7, 11) is 0. The Balaban J connectivity index is 1.49. The Hall–Kier alpha value is -1.69. The van der Waals surface area contributed by atoms with Crippen LogP contribution in [0, 0.1) is 6.92 Å². The van der Waals surface area contributed by atoms with Crippen LogP contribution in [0.1, 0.15) is 41.5 Å². The number of thiazole rings is 1. The van der Waals surface area contributed by atoms with Crippen LogP contribution in [0.15, 0.2) is 24.9 Å². The minimum Gasteiger partial charge on any atom is -0.342 e. The van der Waals surface area contributed by atoms with Gasteiger partial charge in [-0.15, -0.1) is 11.3 Å².